The minimum absolute atomic E-state index is 0.107. The number of hydrogen-bond acceptors (Lipinski definition) is 4. The molecule has 1 aliphatic heterocycles. The van der Waals surface area contributed by atoms with E-state index < -0.39 is 24.0 Å². The highest BCUT2D eigenvalue weighted by atomic mass is 16.6. The smallest absolute Gasteiger partial charge is 0.410 e. The van der Waals surface area contributed by atoms with E-state index in [0.29, 0.717) is 12.3 Å². The zero-order valence-electron chi connectivity index (χ0n) is 12.0. The number of carbonyl (C=O) groups excluding carboxylic acids is 1. The van der Waals surface area contributed by atoms with Crippen LogP contribution in [0.5, 0.6) is 0 Å². The maximum Gasteiger partial charge on any atom is 0.410 e. The Morgan fingerprint density at radius 1 is 1.26 bits per heavy atom. The van der Waals surface area contributed by atoms with Gasteiger partial charge in [0.15, 0.2) is 6.29 Å². The van der Waals surface area contributed by atoms with Gasteiger partial charge in [0.1, 0.15) is 5.60 Å². The summed E-state index contributed by atoms with van der Waals surface area (Å²) in [5, 5.41) is 19.0. The number of aliphatic hydroxyl groups is 2. The largest absolute Gasteiger partial charge is 0.444 e. The van der Waals surface area contributed by atoms with Crippen LogP contribution in [0.15, 0.2) is 0 Å². The van der Waals surface area contributed by atoms with Crippen LogP contribution in [0.3, 0.4) is 0 Å². The van der Waals surface area contributed by atoms with E-state index in [9.17, 15) is 15.0 Å². The van der Waals surface area contributed by atoms with Crippen LogP contribution in [0.25, 0.3) is 0 Å². The third kappa shape index (κ3) is 3.20. The van der Waals surface area contributed by atoms with Gasteiger partial charge in [0.25, 0.3) is 0 Å². The third-order valence-electron chi connectivity index (χ3n) is 4.08. The van der Waals surface area contributed by atoms with Crippen LogP contribution in [0.4, 0.5) is 4.79 Å². The number of amides is 1. The van der Waals surface area contributed by atoms with E-state index in [1.165, 1.54) is 0 Å². The van der Waals surface area contributed by atoms with Crippen molar-refractivity contribution in [2.45, 2.75) is 76.9 Å². The number of hydrogen-bond donors (Lipinski definition) is 2. The Morgan fingerprint density at radius 2 is 1.89 bits per heavy atom. The quantitative estimate of drug-likeness (QED) is 0.714. The molecular formula is C14H25NO4. The van der Waals surface area contributed by atoms with Crippen LogP contribution >= 0.6 is 0 Å². The van der Waals surface area contributed by atoms with Gasteiger partial charge in [-0.15, -0.1) is 0 Å². The zero-order valence-corrected chi connectivity index (χ0v) is 12.0. The maximum atomic E-state index is 12.3. The summed E-state index contributed by atoms with van der Waals surface area (Å²) in [6.07, 6.45) is 3.02. The molecule has 2 fully saturated rings. The fraction of sp³-hybridized carbons (Fsp3) is 0.929. The van der Waals surface area contributed by atoms with Gasteiger partial charge in [-0.25, -0.2) is 4.79 Å². The number of likely N-dealkylation sites (tertiary alicyclic amines) is 1. The third-order valence-corrected chi connectivity index (χ3v) is 4.08. The van der Waals surface area contributed by atoms with Gasteiger partial charge in [-0.05, 0) is 46.0 Å². The molecule has 0 aromatic carbocycles. The van der Waals surface area contributed by atoms with E-state index in [4.69, 9.17) is 4.74 Å². The zero-order chi connectivity index (χ0) is 14.2. The number of carbonyl (C=O) groups is 1. The van der Waals surface area contributed by atoms with Crippen molar-refractivity contribution >= 4 is 6.09 Å². The summed E-state index contributed by atoms with van der Waals surface area (Å²) in [6.45, 7) is 5.47. The minimum atomic E-state index is -1.49. The van der Waals surface area contributed by atoms with Crippen molar-refractivity contribution in [2.24, 2.45) is 5.92 Å². The van der Waals surface area contributed by atoms with E-state index >= 15 is 0 Å². The normalized spacial score (nSPS) is 31.5. The standard InChI is InChI=1S/C14H25NO4/c1-14(2,3)19-13(18)15-10-7-5-4-6-9(10)8-11(15)12(16)17/h9-12,16-17H,4-8H2,1-3H3/t9-,10-,11?/m1/s1. The summed E-state index contributed by atoms with van der Waals surface area (Å²) in [4.78, 5) is 13.9. The number of fused-ring (bicyclic) bond motifs is 1. The van der Waals surface area contributed by atoms with Crippen LogP contribution in [0.1, 0.15) is 52.9 Å². The van der Waals surface area contributed by atoms with Gasteiger partial charge < -0.3 is 14.9 Å². The lowest BCUT2D eigenvalue weighted by atomic mass is 9.85. The molecule has 19 heavy (non-hydrogen) atoms. The summed E-state index contributed by atoms with van der Waals surface area (Å²) >= 11 is 0. The Labute approximate surface area is 114 Å². The lowest BCUT2D eigenvalue weighted by Crippen LogP contribution is -2.49. The number of aliphatic hydroxyl groups excluding tert-OH is 1. The molecule has 0 aromatic heterocycles. The predicted molar refractivity (Wildman–Crippen MR) is 70.4 cm³/mol. The highest BCUT2D eigenvalue weighted by Crippen LogP contribution is 2.41. The molecular weight excluding hydrogens is 246 g/mol. The Kier molecular flexibility index (Phi) is 4.06. The number of ether oxygens (including phenoxy) is 1. The second kappa shape index (κ2) is 5.29. The average Bonchev–Trinajstić information content (AvgIpc) is 2.65. The minimum Gasteiger partial charge on any atom is -0.444 e. The fourth-order valence-electron chi connectivity index (χ4n) is 3.35. The molecule has 5 heteroatoms. The first-order valence-electron chi connectivity index (χ1n) is 7.17. The molecule has 110 valence electrons. The van der Waals surface area contributed by atoms with Gasteiger partial charge in [-0.2, -0.15) is 0 Å². The van der Waals surface area contributed by atoms with Crippen molar-refractivity contribution in [3.05, 3.63) is 0 Å². The molecule has 2 N–H and O–H groups in total. The summed E-state index contributed by atoms with van der Waals surface area (Å²) in [7, 11) is 0. The van der Waals surface area contributed by atoms with Gasteiger partial charge in [0, 0.05) is 6.04 Å². The highest BCUT2D eigenvalue weighted by molar-refractivity contribution is 5.69. The lowest BCUT2D eigenvalue weighted by Gasteiger charge is -2.35. The molecule has 1 amide bonds. The van der Waals surface area contributed by atoms with Crippen molar-refractivity contribution in [2.75, 3.05) is 0 Å². The van der Waals surface area contributed by atoms with E-state index in [1.807, 2.05) is 20.8 Å². The van der Waals surface area contributed by atoms with Crippen LogP contribution in [0.2, 0.25) is 0 Å². The van der Waals surface area contributed by atoms with Crippen LogP contribution in [-0.4, -0.2) is 45.2 Å². The van der Waals surface area contributed by atoms with Crippen molar-refractivity contribution in [1.82, 2.24) is 4.90 Å². The van der Waals surface area contributed by atoms with E-state index in [0.717, 1.165) is 25.7 Å². The van der Waals surface area contributed by atoms with E-state index in [2.05, 4.69) is 0 Å². The Hall–Kier alpha value is -0.810. The molecule has 1 heterocycles. The molecule has 0 spiro atoms. The van der Waals surface area contributed by atoms with Crippen LogP contribution < -0.4 is 0 Å². The maximum absolute atomic E-state index is 12.3. The molecule has 1 aliphatic carbocycles. The molecule has 1 saturated carbocycles. The van der Waals surface area contributed by atoms with E-state index in [1.54, 1.807) is 4.90 Å². The second-order valence-electron chi connectivity index (χ2n) is 6.72. The van der Waals surface area contributed by atoms with Gasteiger partial charge in [-0.1, -0.05) is 12.8 Å². The topological polar surface area (TPSA) is 70.0 Å². The molecule has 0 radical (unpaired) electrons. The van der Waals surface area contributed by atoms with Crippen molar-refractivity contribution in [1.29, 1.82) is 0 Å². The summed E-state index contributed by atoms with van der Waals surface area (Å²) < 4.78 is 5.42. The molecule has 3 atom stereocenters. The molecule has 1 unspecified atom stereocenters. The van der Waals surface area contributed by atoms with Gasteiger partial charge in [-0.3, -0.25) is 4.90 Å². The molecule has 0 bridgehead atoms. The monoisotopic (exact) mass is 271 g/mol. The average molecular weight is 271 g/mol. The SMILES string of the molecule is CC(C)(C)OC(=O)N1C(C(O)O)C[C@H]2CCCC[C@H]21. The van der Waals surface area contributed by atoms with Crippen molar-refractivity contribution in [3.63, 3.8) is 0 Å². The fourth-order valence-corrected chi connectivity index (χ4v) is 3.35. The first-order chi connectivity index (χ1) is 8.79. The first-order valence-corrected chi connectivity index (χ1v) is 7.17. The molecule has 2 aliphatic rings. The number of nitrogens with zero attached hydrogens (tertiary/aromatic N) is 1. The molecule has 0 aromatic rings. The highest BCUT2D eigenvalue weighted by Gasteiger charge is 2.48. The van der Waals surface area contributed by atoms with Crippen molar-refractivity contribution < 1.29 is 19.7 Å². The molecule has 1 saturated heterocycles. The van der Waals surface area contributed by atoms with Gasteiger partial charge in [0.05, 0.1) is 6.04 Å². The first kappa shape index (κ1) is 14.6. The second-order valence-corrected chi connectivity index (χ2v) is 6.72. The molecule has 2 rings (SSSR count). The van der Waals surface area contributed by atoms with Gasteiger partial charge >= 0.3 is 6.09 Å². The van der Waals surface area contributed by atoms with E-state index in [-0.39, 0.29) is 6.04 Å². The number of rotatable bonds is 1. The lowest BCUT2D eigenvalue weighted by molar-refractivity contribution is -0.0962. The van der Waals surface area contributed by atoms with Crippen LogP contribution in [0, 0.1) is 5.92 Å². The Bertz CT molecular complexity index is 335. The predicted octanol–water partition coefficient (Wildman–Crippen LogP) is 1.87. The molecule has 5 nitrogen and oxygen atoms in total. The van der Waals surface area contributed by atoms with Gasteiger partial charge in [0.2, 0.25) is 0 Å². The Morgan fingerprint density at radius 3 is 2.47 bits per heavy atom. The van der Waals surface area contributed by atoms with Crippen molar-refractivity contribution in [3.8, 4) is 0 Å². The van der Waals surface area contributed by atoms with Crippen LogP contribution in [-0.2, 0) is 4.74 Å². The summed E-state index contributed by atoms with van der Waals surface area (Å²) in [5.41, 5.74) is -0.561. The summed E-state index contributed by atoms with van der Waals surface area (Å²) in [6, 6.07) is -0.418. The summed E-state index contributed by atoms with van der Waals surface area (Å²) in [5.74, 6) is 0.382. The Balaban J connectivity index is 2.15.